The highest BCUT2D eigenvalue weighted by Crippen LogP contribution is 2.43. The number of carbonyl (C=O) groups excluding carboxylic acids is 1. The Morgan fingerprint density at radius 1 is 1.31 bits per heavy atom. The van der Waals surface area contributed by atoms with Gasteiger partial charge in [-0.2, -0.15) is 0 Å². The lowest BCUT2D eigenvalue weighted by molar-refractivity contribution is 0.0365. The van der Waals surface area contributed by atoms with Crippen LogP contribution in [0.1, 0.15) is 23.2 Å². The molecule has 0 bridgehead atoms. The standard InChI is InChI=1S/C18H26ClN3O6S/c1-29(24,25)21-4-7-22-5-2-12(3-6-22)11-28-18(23)13-10-14(19)15(20)17-16(13)26-8-9-27-17/h10,12,21H,2-9,11,20H2,1H3. The molecule has 2 aliphatic rings. The highest BCUT2D eigenvalue weighted by molar-refractivity contribution is 7.88. The number of rotatable bonds is 7. The third-order valence-corrected chi connectivity index (χ3v) is 6.01. The molecule has 1 aromatic carbocycles. The van der Waals surface area contributed by atoms with E-state index >= 15 is 0 Å². The number of halogens is 1. The van der Waals surface area contributed by atoms with Gasteiger partial charge < -0.3 is 24.8 Å². The number of likely N-dealkylation sites (tertiary alicyclic amines) is 1. The van der Waals surface area contributed by atoms with Crippen molar-refractivity contribution < 1.29 is 27.4 Å². The molecule has 0 amide bonds. The van der Waals surface area contributed by atoms with Crippen LogP contribution in [-0.4, -0.2) is 71.5 Å². The lowest BCUT2D eigenvalue weighted by atomic mass is 9.98. The zero-order valence-electron chi connectivity index (χ0n) is 16.3. The van der Waals surface area contributed by atoms with E-state index in [-0.39, 0.29) is 33.7 Å². The van der Waals surface area contributed by atoms with Crippen LogP contribution in [0.5, 0.6) is 11.5 Å². The summed E-state index contributed by atoms with van der Waals surface area (Å²) in [6.45, 7) is 3.66. The summed E-state index contributed by atoms with van der Waals surface area (Å²) in [5.41, 5.74) is 6.36. The first kappa shape index (κ1) is 21.9. The summed E-state index contributed by atoms with van der Waals surface area (Å²) in [5, 5.41) is 0.220. The molecule has 3 N–H and O–H groups in total. The average Bonchev–Trinajstić information content (AvgIpc) is 2.69. The average molecular weight is 448 g/mol. The van der Waals surface area contributed by atoms with Crippen molar-refractivity contribution >= 4 is 33.3 Å². The summed E-state index contributed by atoms with van der Waals surface area (Å²) in [4.78, 5) is 14.8. The van der Waals surface area contributed by atoms with E-state index in [4.69, 9.17) is 31.5 Å². The van der Waals surface area contributed by atoms with Gasteiger partial charge >= 0.3 is 5.97 Å². The summed E-state index contributed by atoms with van der Waals surface area (Å²) in [6, 6.07) is 1.45. The van der Waals surface area contributed by atoms with Gasteiger partial charge in [0.25, 0.3) is 0 Å². The molecule has 3 rings (SSSR count). The first-order valence-electron chi connectivity index (χ1n) is 9.46. The molecule has 0 aliphatic carbocycles. The fraction of sp³-hybridized carbons (Fsp3) is 0.611. The van der Waals surface area contributed by atoms with E-state index in [1.165, 1.54) is 6.07 Å². The molecule has 0 atom stereocenters. The number of fused-ring (bicyclic) bond motifs is 1. The Morgan fingerprint density at radius 3 is 2.62 bits per heavy atom. The van der Waals surface area contributed by atoms with E-state index in [0.29, 0.717) is 32.9 Å². The van der Waals surface area contributed by atoms with Crippen LogP contribution in [0.2, 0.25) is 5.02 Å². The molecule has 0 spiro atoms. The topological polar surface area (TPSA) is 120 Å². The summed E-state index contributed by atoms with van der Waals surface area (Å²) in [5.74, 6) is 0.284. The summed E-state index contributed by atoms with van der Waals surface area (Å²) in [7, 11) is -3.16. The minimum atomic E-state index is -3.16. The van der Waals surface area contributed by atoms with Gasteiger partial charge in [-0.15, -0.1) is 0 Å². The normalized spacial score (nSPS) is 17.9. The van der Waals surface area contributed by atoms with E-state index in [2.05, 4.69) is 9.62 Å². The molecule has 9 nitrogen and oxygen atoms in total. The van der Waals surface area contributed by atoms with Gasteiger partial charge in [-0.25, -0.2) is 17.9 Å². The SMILES string of the molecule is CS(=O)(=O)NCCN1CCC(COC(=O)c2cc(Cl)c(N)c3c2OCCO3)CC1. The number of hydrogen-bond acceptors (Lipinski definition) is 8. The number of anilines is 1. The van der Waals surface area contributed by atoms with Gasteiger partial charge in [0.15, 0.2) is 11.5 Å². The number of sulfonamides is 1. The van der Waals surface area contributed by atoms with Crippen LogP contribution in [0.3, 0.4) is 0 Å². The van der Waals surface area contributed by atoms with Gasteiger partial charge in [0.1, 0.15) is 18.8 Å². The quantitative estimate of drug-likeness (QED) is 0.471. The van der Waals surface area contributed by atoms with Crippen molar-refractivity contribution in [2.45, 2.75) is 12.8 Å². The molecule has 11 heteroatoms. The van der Waals surface area contributed by atoms with Gasteiger partial charge in [-0.1, -0.05) is 11.6 Å². The molecular formula is C18H26ClN3O6S. The fourth-order valence-electron chi connectivity index (χ4n) is 3.39. The Kier molecular flexibility index (Phi) is 7.10. The molecule has 1 aromatic rings. The van der Waals surface area contributed by atoms with Crippen LogP contribution in [0.25, 0.3) is 0 Å². The number of ether oxygens (including phenoxy) is 3. The molecule has 2 aliphatic heterocycles. The number of nitrogens with two attached hydrogens (primary N) is 1. The number of esters is 1. The third kappa shape index (κ3) is 5.88. The minimum absolute atomic E-state index is 0.211. The van der Waals surface area contributed by atoms with Crippen molar-refractivity contribution in [3.8, 4) is 11.5 Å². The van der Waals surface area contributed by atoms with Crippen LogP contribution in [0.15, 0.2) is 6.07 Å². The van der Waals surface area contributed by atoms with Crippen molar-refractivity contribution in [3.63, 3.8) is 0 Å². The van der Waals surface area contributed by atoms with E-state index in [1.54, 1.807) is 0 Å². The highest BCUT2D eigenvalue weighted by atomic mass is 35.5. The Hall–Kier alpha value is -1.75. The Labute approximate surface area is 175 Å². The van der Waals surface area contributed by atoms with Crippen molar-refractivity contribution in [1.29, 1.82) is 0 Å². The molecule has 1 saturated heterocycles. The minimum Gasteiger partial charge on any atom is -0.485 e. The van der Waals surface area contributed by atoms with Gasteiger partial charge in [0, 0.05) is 13.1 Å². The second kappa shape index (κ2) is 9.38. The highest BCUT2D eigenvalue weighted by Gasteiger charge is 2.27. The molecular weight excluding hydrogens is 422 g/mol. The first-order chi connectivity index (χ1) is 13.7. The second-order valence-electron chi connectivity index (χ2n) is 7.22. The lowest BCUT2D eigenvalue weighted by Crippen LogP contribution is -2.40. The van der Waals surface area contributed by atoms with Crippen molar-refractivity contribution in [2.24, 2.45) is 5.92 Å². The van der Waals surface area contributed by atoms with Gasteiger partial charge in [-0.05, 0) is 37.9 Å². The monoisotopic (exact) mass is 447 g/mol. The molecule has 2 heterocycles. The van der Waals surface area contributed by atoms with Crippen LogP contribution in [0, 0.1) is 5.92 Å². The summed E-state index contributed by atoms with van der Waals surface area (Å²) < 4.78 is 41.3. The number of hydrogen-bond donors (Lipinski definition) is 2. The predicted molar refractivity (Wildman–Crippen MR) is 109 cm³/mol. The lowest BCUT2D eigenvalue weighted by Gasteiger charge is -2.31. The number of benzene rings is 1. The molecule has 0 saturated carbocycles. The largest absolute Gasteiger partial charge is 0.485 e. The smallest absolute Gasteiger partial charge is 0.342 e. The zero-order chi connectivity index (χ0) is 21.0. The van der Waals surface area contributed by atoms with Crippen molar-refractivity contribution in [3.05, 3.63) is 16.7 Å². The Balaban J connectivity index is 1.49. The molecule has 29 heavy (non-hydrogen) atoms. The van der Waals surface area contributed by atoms with Gasteiger partial charge in [0.05, 0.1) is 23.6 Å². The Morgan fingerprint density at radius 2 is 1.97 bits per heavy atom. The predicted octanol–water partition coefficient (Wildman–Crippen LogP) is 1.11. The maximum Gasteiger partial charge on any atom is 0.342 e. The molecule has 162 valence electrons. The number of piperidine rings is 1. The van der Waals surface area contributed by atoms with E-state index < -0.39 is 16.0 Å². The first-order valence-corrected chi connectivity index (χ1v) is 11.7. The van der Waals surface area contributed by atoms with E-state index in [9.17, 15) is 13.2 Å². The van der Waals surface area contributed by atoms with E-state index in [1.807, 2.05) is 0 Å². The summed E-state index contributed by atoms with van der Waals surface area (Å²) >= 11 is 6.11. The van der Waals surface area contributed by atoms with Gasteiger partial charge in [-0.3, -0.25) is 0 Å². The van der Waals surface area contributed by atoms with Crippen molar-refractivity contribution in [1.82, 2.24) is 9.62 Å². The zero-order valence-corrected chi connectivity index (χ0v) is 17.9. The third-order valence-electron chi connectivity index (χ3n) is 4.97. The second-order valence-corrected chi connectivity index (χ2v) is 9.46. The van der Waals surface area contributed by atoms with Crippen LogP contribution < -0.4 is 19.9 Å². The number of nitrogens with one attached hydrogen (secondary N) is 1. The van der Waals surface area contributed by atoms with Crippen LogP contribution in [0.4, 0.5) is 5.69 Å². The number of nitrogens with zero attached hydrogens (tertiary/aromatic N) is 1. The van der Waals surface area contributed by atoms with Crippen LogP contribution in [-0.2, 0) is 14.8 Å². The molecule has 0 radical (unpaired) electrons. The van der Waals surface area contributed by atoms with Crippen molar-refractivity contribution in [2.75, 3.05) is 58.0 Å². The maximum atomic E-state index is 12.6. The Bertz CT molecular complexity index is 856. The fourth-order valence-corrected chi connectivity index (χ4v) is 4.04. The molecule has 1 fully saturated rings. The molecule has 0 aromatic heterocycles. The van der Waals surface area contributed by atoms with Crippen LogP contribution >= 0.6 is 11.6 Å². The van der Waals surface area contributed by atoms with Gasteiger partial charge in [0.2, 0.25) is 10.0 Å². The van der Waals surface area contributed by atoms with E-state index in [0.717, 1.165) is 32.2 Å². The maximum absolute atomic E-state index is 12.6. The number of nitrogen functional groups attached to an aromatic ring is 1. The molecule has 0 unspecified atom stereocenters. The number of carbonyl (C=O) groups is 1. The summed E-state index contributed by atoms with van der Waals surface area (Å²) in [6.07, 6.45) is 2.88.